The molecule has 1 amide bonds. The van der Waals surface area contributed by atoms with E-state index in [0.717, 1.165) is 6.42 Å². The van der Waals surface area contributed by atoms with Gasteiger partial charge in [0, 0.05) is 37.8 Å². The first-order valence-corrected chi connectivity index (χ1v) is 12.2. The summed E-state index contributed by atoms with van der Waals surface area (Å²) < 4.78 is 35.2. The third kappa shape index (κ3) is 4.80. The number of rotatable bonds is 6. The third-order valence-electron chi connectivity index (χ3n) is 5.25. The highest BCUT2D eigenvalue weighted by Gasteiger charge is 2.34. The van der Waals surface area contributed by atoms with Crippen molar-refractivity contribution in [2.24, 2.45) is 0 Å². The van der Waals surface area contributed by atoms with Crippen molar-refractivity contribution in [3.8, 4) is 11.5 Å². The average Bonchev–Trinajstić information content (AvgIpc) is 3.05. The van der Waals surface area contributed by atoms with E-state index in [9.17, 15) is 13.2 Å². The largest absolute Gasteiger partial charge is 0.493 e. The summed E-state index contributed by atoms with van der Waals surface area (Å²) in [6.45, 7) is 5.16. The average molecular weight is 475 g/mol. The summed E-state index contributed by atoms with van der Waals surface area (Å²) in [6.07, 6.45) is 1.57. The molecule has 0 aliphatic carbocycles. The van der Waals surface area contributed by atoms with Crippen LogP contribution in [0.1, 0.15) is 30.1 Å². The van der Waals surface area contributed by atoms with E-state index in [1.165, 1.54) is 0 Å². The lowest BCUT2D eigenvalue weighted by molar-refractivity contribution is 0.0587. The number of ether oxygens (including phenoxy) is 2. The minimum atomic E-state index is -2.89. The predicted octanol–water partition coefficient (Wildman–Crippen LogP) is 2.19. The molecule has 2 aliphatic heterocycles. The van der Waals surface area contributed by atoms with Crippen LogP contribution < -0.4 is 9.47 Å². The molecule has 156 valence electrons. The van der Waals surface area contributed by atoms with Crippen molar-refractivity contribution in [3.63, 3.8) is 0 Å². The quantitative estimate of drug-likeness (QED) is 0.628. The Morgan fingerprint density at radius 2 is 1.96 bits per heavy atom. The van der Waals surface area contributed by atoms with Gasteiger partial charge in [0.1, 0.15) is 0 Å². The van der Waals surface area contributed by atoms with Gasteiger partial charge in [-0.1, -0.05) is 6.92 Å². The van der Waals surface area contributed by atoms with Crippen molar-refractivity contribution in [2.75, 3.05) is 51.4 Å². The highest BCUT2D eigenvalue weighted by molar-refractivity contribution is 9.10. The minimum Gasteiger partial charge on any atom is -0.493 e. The van der Waals surface area contributed by atoms with E-state index in [1.54, 1.807) is 19.2 Å². The molecule has 2 heterocycles. The van der Waals surface area contributed by atoms with E-state index in [1.807, 2.05) is 11.8 Å². The van der Waals surface area contributed by atoms with Crippen LogP contribution in [0, 0.1) is 0 Å². The molecule has 1 aromatic rings. The Morgan fingerprint density at radius 3 is 2.54 bits per heavy atom. The second-order valence-corrected chi connectivity index (χ2v) is 10.3. The maximum atomic E-state index is 13.0. The molecule has 0 N–H and O–H groups in total. The van der Waals surface area contributed by atoms with Gasteiger partial charge in [0.05, 0.1) is 29.7 Å². The van der Waals surface area contributed by atoms with Gasteiger partial charge in [-0.15, -0.1) is 0 Å². The van der Waals surface area contributed by atoms with Crippen LogP contribution >= 0.6 is 15.9 Å². The Balaban J connectivity index is 1.65. The zero-order valence-corrected chi connectivity index (χ0v) is 18.7. The second kappa shape index (κ2) is 9.00. The monoisotopic (exact) mass is 474 g/mol. The number of benzene rings is 1. The minimum absolute atomic E-state index is 0.0558. The fourth-order valence-electron chi connectivity index (χ4n) is 3.72. The number of hydrogen-bond acceptors (Lipinski definition) is 6. The van der Waals surface area contributed by atoms with E-state index in [2.05, 4.69) is 20.8 Å². The highest BCUT2D eigenvalue weighted by Crippen LogP contribution is 2.37. The van der Waals surface area contributed by atoms with E-state index < -0.39 is 9.84 Å². The van der Waals surface area contributed by atoms with Crippen LogP contribution in [0.4, 0.5) is 0 Å². The molecule has 9 heteroatoms. The van der Waals surface area contributed by atoms with Crippen LogP contribution in [-0.4, -0.2) is 81.6 Å². The van der Waals surface area contributed by atoms with Crippen LogP contribution in [0.2, 0.25) is 0 Å². The highest BCUT2D eigenvalue weighted by atomic mass is 79.9. The van der Waals surface area contributed by atoms with Gasteiger partial charge in [0.15, 0.2) is 21.3 Å². The number of carbonyl (C=O) groups excluding carboxylic acids is 1. The topological polar surface area (TPSA) is 76.2 Å². The zero-order chi connectivity index (χ0) is 20.3. The van der Waals surface area contributed by atoms with E-state index in [-0.39, 0.29) is 23.5 Å². The van der Waals surface area contributed by atoms with Crippen LogP contribution in [0.15, 0.2) is 16.6 Å². The van der Waals surface area contributed by atoms with Crippen LogP contribution in [0.25, 0.3) is 0 Å². The van der Waals surface area contributed by atoms with Crippen molar-refractivity contribution in [1.29, 1.82) is 0 Å². The van der Waals surface area contributed by atoms with Gasteiger partial charge in [0.25, 0.3) is 5.91 Å². The standard InChI is InChI=1S/C19H27BrN2O5S/c1-3-9-27-18-16(20)11-14(12-17(18)26-2)19(23)22-7-5-21(6-8-22)15-4-10-28(24,25)13-15/h11-12,15H,3-10,13H2,1-2H3. The number of piperazine rings is 1. The summed E-state index contributed by atoms with van der Waals surface area (Å²) in [5.74, 6) is 1.59. The maximum Gasteiger partial charge on any atom is 0.254 e. The molecular weight excluding hydrogens is 448 g/mol. The van der Waals surface area contributed by atoms with E-state index in [0.29, 0.717) is 60.7 Å². The fraction of sp³-hybridized carbons (Fsp3) is 0.632. The van der Waals surface area contributed by atoms with Crippen molar-refractivity contribution < 1.29 is 22.7 Å². The molecule has 2 aliphatic rings. The Bertz CT molecular complexity index is 822. The van der Waals surface area contributed by atoms with Crippen molar-refractivity contribution in [1.82, 2.24) is 9.80 Å². The first-order valence-electron chi connectivity index (χ1n) is 9.58. The SMILES string of the molecule is CCCOc1c(Br)cc(C(=O)N2CCN(C3CCS(=O)(=O)C3)CC2)cc1OC. The van der Waals surface area contributed by atoms with Gasteiger partial charge in [0.2, 0.25) is 0 Å². The summed E-state index contributed by atoms with van der Waals surface area (Å²) in [7, 11) is -1.34. The normalized spacial score (nSPS) is 22.2. The third-order valence-corrected chi connectivity index (χ3v) is 7.59. The van der Waals surface area contributed by atoms with Crippen LogP contribution in [0.5, 0.6) is 11.5 Å². The number of hydrogen-bond donors (Lipinski definition) is 0. The molecule has 0 spiro atoms. The predicted molar refractivity (Wildman–Crippen MR) is 111 cm³/mol. The second-order valence-electron chi connectivity index (χ2n) is 7.22. The molecular formula is C19H27BrN2O5S. The zero-order valence-electron chi connectivity index (χ0n) is 16.3. The van der Waals surface area contributed by atoms with Gasteiger partial charge in [-0.05, 0) is 40.9 Å². The Hall–Kier alpha value is -1.32. The number of sulfone groups is 1. The Morgan fingerprint density at radius 1 is 1.25 bits per heavy atom. The molecule has 1 atom stereocenters. The molecule has 0 saturated carbocycles. The first kappa shape index (κ1) is 21.4. The Labute approximate surface area is 175 Å². The number of halogens is 1. The number of methoxy groups -OCH3 is 1. The maximum absolute atomic E-state index is 13.0. The van der Waals surface area contributed by atoms with Gasteiger partial charge >= 0.3 is 0 Å². The molecule has 28 heavy (non-hydrogen) atoms. The lowest BCUT2D eigenvalue weighted by Gasteiger charge is -2.37. The number of amides is 1. The number of carbonyl (C=O) groups is 1. The summed E-state index contributed by atoms with van der Waals surface area (Å²) in [6, 6.07) is 3.58. The summed E-state index contributed by atoms with van der Waals surface area (Å²) in [4.78, 5) is 17.0. The summed E-state index contributed by atoms with van der Waals surface area (Å²) >= 11 is 3.49. The molecule has 2 saturated heterocycles. The molecule has 7 nitrogen and oxygen atoms in total. The van der Waals surface area contributed by atoms with Gasteiger partial charge in [-0.3, -0.25) is 9.69 Å². The number of nitrogens with zero attached hydrogens (tertiary/aromatic N) is 2. The van der Waals surface area contributed by atoms with E-state index in [4.69, 9.17) is 9.47 Å². The lowest BCUT2D eigenvalue weighted by Crippen LogP contribution is -2.52. The fourth-order valence-corrected chi connectivity index (χ4v) is 6.04. The lowest BCUT2D eigenvalue weighted by atomic mass is 10.1. The summed E-state index contributed by atoms with van der Waals surface area (Å²) in [5.41, 5.74) is 0.546. The molecule has 1 aromatic carbocycles. The van der Waals surface area contributed by atoms with Gasteiger partial charge in [-0.2, -0.15) is 0 Å². The molecule has 2 fully saturated rings. The van der Waals surface area contributed by atoms with Crippen molar-refractivity contribution >= 4 is 31.7 Å². The molecule has 0 bridgehead atoms. The Kier molecular flexibility index (Phi) is 6.88. The van der Waals surface area contributed by atoms with E-state index >= 15 is 0 Å². The van der Waals surface area contributed by atoms with Gasteiger partial charge in [-0.25, -0.2) is 8.42 Å². The molecule has 0 aromatic heterocycles. The van der Waals surface area contributed by atoms with Gasteiger partial charge < -0.3 is 14.4 Å². The van der Waals surface area contributed by atoms with Crippen molar-refractivity contribution in [2.45, 2.75) is 25.8 Å². The molecule has 3 rings (SSSR count). The molecule has 1 unspecified atom stereocenters. The van der Waals surface area contributed by atoms with Crippen LogP contribution in [-0.2, 0) is 9.84 Å². The molecule has 0 radical (unpaired) electrons. The summed E-state index contributed by atoms with van der Waals surface area (Å²) in [5, 5.41) is 0. The van der Waals surface area contributed by atoms with Crippen LogP contribution in [0.3, 0.4) is 0 Å². The van der Waals surface area contributed by atoms with Crippen molar-refractivity contribution in [3.05, 3.63) is 22.2 Å². The smallest absolute Gasteiger partial charge is 0.254 e. The first-order chi connectivity index (χ1) is 13.3.